The second-order valence-corrected chi connectivity index (χ2v) is 5.32. The topological polar surface area (TPSA) is 70.1 Å². The fourth-order valence-electron chi connectivity index (χ4n) is 2.55. The number of nitrogens with zero attached hydrogens (tertiary/aromatic N) is 2. The van der Waals surface area contributed by atoms with Crippen molar-refractivity contribution in [1.29, 1.82) is 5.26 Å². The minimum atomic E-state index is -4.38. The van der Waals surface area contributed by atoms with Gasteiger partial charge in [-0.2, -0.15) is 18.4 Å². The molecule has 1 amide bonds. The van der Waals surface area contributed by atoms with Crippen LogP contribution in [0, 0.1) is 11.3 Å². The molecule has 2 rings (SSSR count). The van der Waals surface area contributed by atoms with Gasteiger partial charge >= 0.3 is 6.18 Å². The van der Waals surface area contributed by atoms with Gasteiger partial charge in [0.15, 0.2) is 0 Å². The van der Waals surface area contributed by atoms with Crippen molar-refractivity contribution in [2.45, 2.75) is 37.5 Å². The molecule has 1 fully saturated rings. The molecule has 0 radical (unpaired) electrons. The van der Waals surface area contributed by atoms with E-state index in [9.17, 15) is 18.0 Å². The van der Waals surface area contributed by atoms with E-state index >= 15 is 0 Å². The van der Waals surface area contributed by atoms with E-state index in [1.165, 1.54) is 17.0 Å². The molecular formula is C15H16F3N3O. The van der Waals surface area contributed by atoms with Gasteiger partial charge in [-0.15, -0.1) is 0 Å². The molecule has 1 aliphatic heterocycles. The molecule has 0 saturated carbocycles. The second kappa shape index (κ2) is 6.36. The molecular weight excluding hydrogens is 295 g/mol. The van der Waals surface area contributed by atoms with Crippen molar-refractivity contribution < 1.29 is 18.0 Å². The van der Waals surface area contributed by atoms with E-state index in [4.69, 9.17) is 11.0 Å². The molecule has 118 valence electrons. The summed E-state index contributed by atoms with van der Waals surface area (Å²) in [6, 6.07) is 5.34. The number of hydrogen-bond acceptors (Lipinski definition) is 3. The van der Waals surface area contributed by atoms with Crippen molar-refractivity contribution in [2.75, 3.05) is 6.54 Å². The highest BCUT2D eigenvalue weighted by molar-refractivity contribution is 5.82. The molecule has 2 N–H and O–H groups in total. The summed E-state index contributed by atoms with van der Waals surface area (Å²) in [4.78, 5) is 13.7. The van der Waals surface area contributed by atoms with E-state index in [0.717, 1.165) is 18.6 Å². The molecule has 0 unspecified atom stereocenters. The van der Waals surface area contributed by atoms with Crippen LogP contribution in [-0.2, 0) is 17.4 Å². The summed E-state index contributed by atoms with van der Waals surface area (Å²) >= 11 is 0. The van der Waals surface area contributed by atoms with Crippen molar-refractivity contribution in [3.63, 3.8) is 0 Å². The summed E-state index contributed by atoms with van der Waals surface area (Å²) < 4.78 is 37.4. The lowest BCUT2D eigenvalue weighted by molar-refractivity contribution is -0.137. The van der Waals surface area contributed by atoms with Gasteiger partial charge in [-0.1, -0.05) is 12.1 Å². The quantitative estimate of drug-likeness (QED) is 0.929. The zero-order valence-electron chi connectivity index (χ0n) is 11.8. The standard InChI is InChI=1S/C15H16F3N3O/c16-15(17,18)11-5-3-10(4-6-11)8-13(20)14(22)21-7-1-2-12(21)9-19/h3-6,12-13H,1-2,7-8,20H2/t12-,13-/m0/s1. The zero-order valence-corrected chi connectivity index (χ0v) is 11.8. The van der Waals surface area contributed by atoms with Gasteiger partial charge < -0.3 is 10.6 Å². The van der Waals surface area contributed by atoms with Gasteiger partial charge in [0.05, 0.1) is 17.7 Å². The van der Waals surface area contributed by atoms with Crippen LogP contribution in [0.3, 0.4) is 0 Å². The van der Waals surface area contributed by atoms with Gasteiger partial charge in [-0.05, 0) is 37.0 Å². The number of alkyl halides is 3. The Morgan fingerprint density at radius 3 is 2.59 bits per heavy atom. The largest absolute Gasteiger partial charge is 0.416 e. The molecule has 1 aliphatic rings. The minimum absolute atomic E-state index is 0.144. The van der Waals surface area contributed by atoms with Gasteiger partial charge in [0.25, 0.3) is 0 Å². The lowest BCUT2D eigenvalue weighted by Gasteiger charge is -2.23. The number of likely N-dealkylation sites (tertiary alicyclic amines) is 1. The van der Waals surface area contributed by atoms with Crippen molar-refractivity contribution in [3.05, 3.63) is 35.4 Å². The highest BCUT2D eigenvalue weighted by atomic mass is 19.4. The van der Waals surface area contributed by atoms with Crippen LogP contribution in [0.1, 0.15) is 24.0 Å². The normalized spacial score (nSPS) is 19.8. The summed E-state index contributed by atoms with van der Waals surface area (Å²) in [6.45, 7) is 0.498. The lowest BCUT2D eigenvalue weighted by atomic mass is 10.0. The fraction of sp³-hybridized carbons (Fsp3) is 0.467. The van der Waals surface area contributed by atoms with Crippen LogP contribution < -0.4 is 5.73 Å². The maximum absolute atomic E-state index is 12.5. The molecule has 0 spiro atoms. The number of nitrogens with two attached hydrogens (primary N) is 1. The van der Waals surface area contributed by atoms with Crippen LogP contribution in [-0.4, -0.2) is 29.4 Å². The Morgan fingerprint density at radius 1 is 1.41 bits per heavy atom. The Kier molecular flexibility index (Phi) is 4.71. The van der Waals surface area contributed by atoms with Crippen molar-refractivity contribution in [2.24, 2.45) is 5.73 Å². The summed E-state index contributed by atoms with van der Waals surface area (Å²) in [6.07, 6.45) is -2.84. The Balaban J connectivity index is 2.01. The molecule has 7 heteroatoms. The molecule has 2 atom stereocenters. The average Bonchev–Trinajstić information content (AvgIpc) is 2.94. The third-order valence-corrected chi connectivity index (χ3v) is 3.74. The highest BCUT2D eigenvalue weighted by Crippen LogP contribution is 2.29. The number of nitriles is 1. The highest BCUT2D eigenvalue weighted by Gasteiger charge is 2.32. The maximum Gasteiger partial charge on any atom is 0.416 e. The fourth-order valence-corrected chi connectivity index (χ4v) is 2.55. The van der Waals surface area contributed by atoms with E-state index in [-0.39, 0.29) is 12.3 Å². The van der Waals surface area contributed by atoms with E-state index in [1.54, 1.807) is 0 Å². The average molecular weight is 311 g/mol. The molecule has 1 aromatic rings. The summed E-state index contributed by atoms with van der Waals surface area (Å²) in [5.74, 6) is -0.330. The van der Waals surface area contributed by atoms with Gasteiger partial charge in [0, 0.05) is 6.54 Å². The number of carbonyl (C=O) groups excluding carboxylic acids is 1. The van der Waals surface area contributed by atoms with Crippen LogP contribution in [0.25, 0.3) is 0 Å². The summed E-state index contributed by atoms with van der Waals surface area (Å²) in [5, 5.41) is 8.97. The monoisotopic (exact) mass is 311 g/mol. The van der Waals surface area contributed by atoms with Crippen molar-refractivity contribution >= 4 is 5.91 Å². The Morgan fingerprint density at radius 2 is 2.05 bits per heavy atom. The third-order valence-electron chi connectivity index (χ3n) is 3.74. The first-order chi connectivity index (χ1) is 10.3. The van der Waals surface area contributed by atoms with Crippen LogP contribution in [0.4, 0.5) is 13.2 Å². The Hall–Kier alpha value is -2.07. The van der Waals surface area contributed by atoms with Gasteiger partial charge in [0.2, 0.25) is 5.91 Å². The van der Waals surface area contributed by atoms with E-state index < -0.39 is 23.8 Å². The molecule has 1 aromatic carbocycles. The van der Waals surface area contributed by atoms with Gasteiger partial charge in [0.1, 0.15) is 6.04 Å². The number of halogens is 3. The molecule has 0 aromatic heterocycles. The molecule has 1 saturated heterocycles. The van der Waals surface area contributed by atoms with Crippen molar-refractivity contribution in [1.82, 2.24) is 4.90 Å². The van der Waals surface area contributed by atoms with Crippen LogP contribution in [0.2, 0.25) is 0 Å². The smallest absolute Gasteiger partial charge is 0.325 e. The first-order valence-corrected chi connectivity index (χ1v) is 6.94. The van der Waals surface area contributed by atoms with Gasteiger partial charge in [-0.25, -0.2) is 0 Å². The summed E-state index contributed by atoms with van der Waals surface area (Å²) in [5.41, 5.74) is 5.67. The van der Waals surface area contributed by atoms with E-state index in [1.807, 2.05) is 0 Å². The Labute approximate surface area is 126 Å². The van der Waals surface area contributed by atoms with Crippen LogP contribution in [0.15, 0.2) is 24.3 Å². The lowest BCUT2D eigenvalue weighted by Crippen LogP contribution is -2.46. The number of hydrogen-bond donors (Lipinski definition) is 1. The minimum Gasteiger partial charge on any atom is -0.325 e. The summed E-state index contributed by atoms with van der Waals surface area (Å²) in [7, 11) is 0. The predicted octanol–water partition coefficient (Wildman–Crippen LogP) is 2.09. The van der Waals surface area contributed by atoms with Gasteiger partial charge in [-0.3, -0.25) is 4.79 Å². The first-order valence-electron chi connectivity index (χ1n) is 6.94. The molecule has 0 bridgehead atoms. The molecule has 22 heavy (non-hydrogen) atoms. The SMILES string of the molecule is N#C[C@@H]1CCCN1C(=O)[C@@H](N)Cc1ccc(C(F)(F)F)cc1. The molecule has 4 nitrogen and oxygen atoms in total. The van der Waals surface area contributed by atoms with E-state index in [2.05, 4.69) is 6.07 Å². The zero-order chi connectivity index (χ0) is 16.3. The number of carbonyl (C=O) groups is 1. The first kappa shape index (κ1) is 16.3. The molecule has 1 heterocycles. The third kappa shape index (κ3) is 3.57. The predicted molar refractivity (Wildman–Crippen MR) is 73.5 cm³/mol. The maximum atomic E-state index is 12.5. The number of amides is 1. The number of rotatable bonds is 3. The van der Waals surface area contributed by atoms with Crippen LogP contribution in [0.5, 0.6) is 0 Å². The van der Waals surface area contributed by atoms with E-state index in [0.29, 0.717) is 18.5 Å². The van der Waals surface area contributed by atoms with Crippen molar-refractivity contribution in [3.8, 4) is 6.07 Å². The Bertz CT molecular complexity index is 577. The molecule has 0 aliphatic carbocycles. The second-order valence-electron chi connectivity index (χ2n) is 5.32. The number of benzene rings is 1. The van der Waals surface area contributed by atoms with Crippen LogP contribution >= 0.6 is 0 Å².